The molecule has 7 heteroatoms. The fourth-order valence-electron chi connectivity index (χ4n) is 1.71. The molecule has 0 aliphatic heterocycles. The van der Waals surface area contributed by atoms with E-state index in [4.69, 9.17) is 21.1 Å². The number of rotatable bonds is 5. The third-order valence-corrected chi connectivity index (χ3v) is 3.00. The van der Waals surface area contributed by atoms with Crippen LogP contribution >= 0.6 is 11.6 Å². The zero-order valence-corrected chi connectivity index (χ0v) is 12.0. The van der Waals surface area contributed by atoms with Gasteiger partial charge in [0.15, 0.2) is 11.1 Å². The molecule has 0 spiro atoms. The molecule has 0 fully saturated rings. The first-order valence-corrected chi connectivity index (χ1v) is 6.52. The third kappa shape index (κ3) is 3.45. The number of nitriles is 1. The van der Waals surface area contributed by atoms with Crippen LogP contribution in [-0.4, -0.2) is 36.3 Å². The van der Waals surface area contributed by atoms with Gasteiger partial charge in [-0.3, -0.25) is 4.79 Å². The molecule has 1 unspecified atom stereocenters. The maximum Gasteiger partial charge on any atom is 0.329 e. The number of hydrogen-bond acceptors (Lipinski definition) is 6. The molecule has 2 rings (SSSR count). The predicted octanol–water partition coefficient (Wildman–Crippen LogP) is 2.08. The van der Waals surface area contributed by atoms with Crippen molar-refractivity contribution in [2.24, 2.45) is 0 Å². The van der Waals surface area contributed by atoms with Crippen molar-refractivity contribution in [2.45, 2.75) is 5.92 Å². The van der Waals surface area contributed by atoms with E-state index in [-0.39, 0.29) is 24.1 Å². The Balaban J connectivity index is 2.31. The maximum atomic E-state index is 11.9. The molecule has 0 radical (unpaired) electrons. The van der Waals surface area contributed by atoms with Crippen molar-refractivity contribution in [3.63, 3.8) is 0 Å². The average Bonchev–Trinajstić information content (AvgIpc) is 2.49. The second-order valence-corrected chi connectivity index (χ2v) is 4.47. The number of fused-ring (bicyclic) bond motifs is 1. The van der Waals surface area contributed by atoms with E-state index in [0.29, 0.717) is 11.0 Å². The van der Waals surface area contributed by atoms with Crippen molar-refractivity contribution in [2.75, 3.05) is 20.3 Å². The summed E-state index contributed by atoms with van der Waals surface area (Å²) < 4.78 is 9.72. The van der Waals surface area contributed by atoms with Gasteiger partial charge in [0.25, 0.3) is 0 Å². The monoisotopic (exact) mass is 305 g/mol. The molecule has 0 saturated carbocycles. The number of para-hydroxylation sites is 2. The second kappa shape index (κ2) is 6.97. The van der Waals surface area contributed by atoms with Crippen LogP contribution in [0.5, 0.6) is 0 Å². The molecule has 2 aromatic rings. The summed E-state index contributed by atoms with van der Waals surface area (Å²) in [6.07, 6.45) is 0. The van der Waals surface area contributed by atoms with E-state index in [1.165, 1.54) is 7.11 Å². The molecule has 0 amide bonds. The van der Waals surface area contributed by atoms with E-state index >= 15 is 0 Å². The SMILES string of the molecule is COCCOC(=O)C(C#N)c1nc2ccccc2nc1Cl. The van der Waals surface area contributed by atoms with Crippen LogP contribution in [0.1, 0.15) is 11.6 Å². The van der Waals surface area contributed by atoms with Gasteiger partial charge in [-0.1, -0.05) is 23.7 Å². The van der Waals surface area contributed by atoms with Gasteiger partial charge in [0.2, 0.25) is 0 Å². The number of halogens is 1. The largest absolute Gasteiger partial charge is 0.462 e. The summed E-state index contributed by atoms with van der Waals surface area (Å²) in [6, 6.07) is 8.91. The number of aromatic nitrogens is 2. The zero-order chi connectivity index (χ0) is 15.2. The minimum atomic E-state index is -1.22. The standard InChI is InChI=1S/C14H12ClN3O3/c1-20-6-7-21-14(19)9(8-16)12-13(15)18-11-5-3-2-4-10(11)17-12/h2-5,9H,6-7H2,1H3. The normalized spacial score (nSPS) is 11.9. The lowest BCUT2D eigenvalue weighted by molar-refractivity contribution is -0.145. The summed E-state index contributed by atoms with van der Waals surface area (Å²) in [5.41, 5.74) is 1.25. The average molecular weight is 306 g/mol. The highest BCUT2D eigenvalue weighted by atomic mass is 35.5. The van der Waals surface area contributed by atoms with Gasteiger partial charge in [-0.15, -0.1) is 0 Å². The van der Waals surface area contributed by atoms with Gasteiger partial charge in [0.05, 0.1) is 23.7 Å². The highest BCUT2D eigenvalue weighted by Gasteiger charge is 2.27. The second-order valence-electron chi connectivity index (χ2n) is 4.11. The molecule has 0 bridgehead atoms. The Morgan fingerprint density at radius 2 is 2.00 bits per heavy atom. The number of benzene rings is 1. The Hall–Kier alpha value is -2.23. The maximum absolute atomic E-state index is 11.9. The van der Waals surface area contributed by atoms with Gasteiger partial charge in [-0.2, -0.15) is 5.26 Å². The predicted molar refractivity (Wildman–Crippen MR) is 75.7 cm³/mol. The fourth-order valence-corrected chi connectivity index (χ4v) is 1.95. The van der Waals surface area contributed by atoms with Crippen LogP contribution in [0.25, 0.3) is 11.0 Å². The topological polar surface area (TPSA) is 85.1 Å². The molecule has 0 aliphatic rings. The van der Waals surface area contributed by atoms with Crippen molar-refractivity contribution in [3.8, 4) is 6.07 Å². The fraction of sp³-hybridized carbons (Fsp3) is 0.286. The highest BCUT2D eigenvalue weighted by molar-refractivity contribution is 6.30. The van der Waals surface area contributed by atoms with Crippen molar-refractivity contribution in [1.82, 2.24) is 9.97 Å². The minimum Gasteiger partial charge on any atom is -0.462 e. The molecule has 21 heavy (non-hydrogen) atoms. The first kappa shape index (κ1) is 15.2. The molecule has 0 N–H and O–H groups in total. The molecule has 1 aromatic heterocycles. The highest BCUT2D eigenvalue weighted by Crippen LogP contribution is 2.24. The lowest BCUT2D eigenvalue weighted by Gasteiger charge is -2.10. The van der Waals surface area contributed by atoms with E-state index in [1.807, 2.05) is 6.07 Å². The summed E-state index contributed by atoms with van der Waals surface area (Å²) in [5.74, 6) is -1.94. The van der Waals surface area contributed by atoms with E-state index in [0.717, 1.165) is 0 Å². The van der Waals surface area contributed by atoms with Crippen LogP contribution in [0.3, 0.4) is 0 Å². The van der Waals surface area contributed by atoms with Crippen LogP contribution in [0.2, 0.25) is 5.15 Å². The van der Waals surface area contributed by atoms with Gasteiger partial charge < -0.3 is 9.47 Å². The van der Waals surface area contributed by atoms with Crippen molar-refractivity contribution >= 4 is 28.6 Å². The Bertz CT molecular complexity index is 699. The summed E-state index contributed by atoms with van der Waals surface area (Å²) in [6.45, 7) is 0.313. The van der Waals surface area contributed by atoms with Crippen LogP contribution in [0, 0.1) is 11.3 Å². The van der Waals surface area contributed by atoms with Gasteiger partial charge in [0.1, 0.15) is 12.3 Å². The molecular weight excluding hydrogens is 294 g/mol. The number of methoxy groups -OCH3 is 1. The summed E-state index contributed by atoms with van der Waals surface area (Å²) >= 11 is 6.02. The molecule has 0 saturated heterocycles. The van der Waals surface area contributed by atoms with Gasteiger partial charge >= 0.3 is 5.97 Å². The van der Waals surface area contributed by atoms with Crippen LogP contribution in [0.4, 0.5) is 0 Å². The smallest absolute Gasteiger partial charge is 0.329 e. The van der Waals surface area contributed by atoms with Crippen LogP contribution in [0.15, 0.2) is 24.3 Å². The molecule has 6 nitrogen and oxygen atoms in total. The summed E-state index contributed by atoms with van der Waals surface area (Å²) in [4.78, 5) is 20.3. The number of esters is 1. The molecule has 1 heterocycles. The Kier molecular flexibility index (Phi) is 5.04. The first-order chi connectivity index (χ1) is 10.2. The number of hydrogen-bond donors (Lipinski definition) is 0. The molecular formula is C14H12ClN3O3. The van der Waals surface area contributed by atoms with Crippen LogP contribution in [-0.2, 0) is 14.3 Å². The van der Waals surface area contributed by atoms with Crippen molar-refractivity contribution in [3.05, 3.63) is 35.1 Å². The zero-order valence-electron chi connectivity index (χ0n) is 11.2. The van der Waals surface area contributed by atoms with Crippen molar-refractivity contribution < 1.29 is 14.3 Å². The summed E-state index contributed by atoms with van der Waals surface area (Å²) in [5, 5.41) is 9.21. The van der Waals surface area contributed by atoms with Crippen LogP contribution < -0.4 is 0 Å². The van der Waals surface area contributed by atoms with E-state index in [2.05, 4.69) is 9.97 Å². The Morgan fingerprint density at radius 1 is 1.33 bits per heavy atom. The lowest BCUT2D eigenvalue weighted by atomic mass is 10.1. The van der Waals surface area contributed by atoms with E-state index in [9.17, 15) is 10.1 Å². The number of carbonyl (C=O) groups is 1. The Labute approximate surface area is 126 Å². The number of nitrogens with zero attached hydrogens (tertiary/aromatic N) is 3. The quantitative estimate of drug-likeness (QED) is 0.621. The van der Waals surface area contributed by atoms with E-state index < -0.39 is 11.9 Å². The first-order valence-electron chi connectivity index (χ1n) is 6.14. The lowest BCUT2D eigenvalue weighted by Crippen LogP contribution is -2.18. The van der Waals surface area contributed by atoms with Gasteiger partial charge in [0, 0.05) is 7.11 Å². The number of carbonyl (C=O) groups excluding carboxylic acids is 1. The summed E-state index contributed by atoms with van der Waals surface area (Å²) in [7, 11) is 1.49. The van der Waals surface area contributed by atoms with Gasteiger partial charge in [-0.25, -0.2) is 9.97 Å². The van der Waals surface area contributed by atoms with E-state index in [1.54, 1.807) is 24.3 Å². The van der Waals surface area contributed by atoms with Gasteiger partial charge in [-0.05, 0) is 12.1 Å². The molecule has 1 atom stereocenters. The molecule has 108 valence electrons. The van der Waals surface area contributed by atoms with Crippen molar-refractivity contribution in [1.29, 1.82) is 5.26 Å². The third-order valence-electron chi connectivity index (χ3n) is 2.72. The molecule has 1 aromatic carbocycles. The minimum absolute atomic E-state index is 0.0175. The number of ether oxygens (including phenoxy) is 2. The Morgan fingerprint density at radius 3 is 2.62 bits per heavy atom. The molecule has 0 aliphatic carbocycles.